The summed E-state index contributed by atoms with van der Waals surface area (Å²) in [4.78, 5) is 11.0. The Hall–Kier alpha value is -0.730. The zero-order valence-electron chi connectivity index (χ0n) is 11.6. The van der Waals surface area contributed by atoms with Gasteiger partial charge in [0, 0.05) is 0 Å². The SMILES string of the molecule is O=C(COS(=O)(=O)O)OCCCCCCCCCCF. The lowest BCUT2D eigenvalue weighted by Gasteiger charge is -2.04. The largest absolute Gasteiger partial charge is 0.464 e. The molecule has 0 saturated carbocycles. The molecular formula is C12H23FO6S. The Morgan fingerprint density at radius 1 is 0.950 bits per heavy atom. The Labute approximate surface area is 119 Å². The van der Waals surface area contributed by atoms with Crippen molar-refractivity contribution in [2.75, 3.05) is 19.9 Å². The van der Waals surface area contributed by atoms with Crippen LogP contribution >= 0.6 is 0 Å². The van der Waals surface area contributed by atoms with Gasteiger partial charge < -0.3 is 4.74 Å². The number of esters is 1. The standard InChI is InChI=1S/C12H23FO6S/c13-9-7-5-3-1-2-4-6-8-10-18-12(14)11-19-20(15,16)17/h1-11H2,(H,15,16,17). The van der Waals surface area contributed by atoms with E-state index in [1.165, 1.54) is 0 Å². The van der Waals surface area contributed by atoms with Crippen LogP contribution in [0, 0.1) is 0 Å². The van der Waals surface area contributed by atoms with E-state index in [9.17, 15) is 17.6 Å². The van der Waals surface area contributed by atoms with Crippen molar-refractivity contribution >= 4 is 16.4 Å². The third-order valence-electron chi connectivity index (χ3n) is 2.62. The summed E-state index contributed by atoms with van der Waals surface area (Å²) >= 11 is 0. The summed E-state index contributed by atoms with van der Waals surface area (Å²) in [6, 6.07) is 0. The van der Waals surface area contributed by atoms with Gasteiger partial charge in [-0.25, -0.2) is 8.98 Å². The molecule has 1 N–H and O–H groups in total. The molecule has 0 aliphatic rings. The van der Waals surface area contributed by atoms with Gasteiger partial charge in [0.25, 0.3) is 0 Å². The van der Waals surface area contributed by atoms with Crippen molar-refractivity contribution in [3.63, 3.8) is 0 Å². The minimum absolute atomic E-state index is 0.204. The zero-order chi connectivity index (χ0) is 15.3. The first-order valence-corrected chi connectivity index (χ1v) is 8.15. The molecule has 0 bridgehead atoms. The molecule has 0 radical (unpaired) electrons. The predicted octanol–water partition coefficient (Wildman–Crippen LogP) is 2.44. The summed E-state index contributed by atoms with van der Waals surface area (Å²) in [6.07, 6.45) is 7.41. The Morgan fingerprint density at radius 2 is 1.45 bits per heavy atom. The molecule has 0 amide bonds. The van der Waals surface area contributed by atoms with Crippen LogP contribution in [-0.2, 0) is 24.1 Å². The highest BCUT2D eigenvalue weighted by Crippen LogP contribution is 2.08. The number of unbranched alkanes of at least 4 members (excludes halogenated alkanes) is 7. The molecule has 0 atom stereocenters. The first-order valence-electron chi connectivity index (χ1n) is 6.79. The smallest absolute Gasteiger partial charge is 0.397 e. The van der Waals surface area contributed by atoms with E-state index in [2.05, 4.69) is 4.18 Å². The van der Waals surface area contributed by atoms with Crippen molar-refractivity contribution < 1.29 is 31.1 Å². The fourth-order valence-corrected chi connectivity index (χ4v) is 1.85. The van der Waals surface area contributed by atoms with E-state index in [1.807, 2.05) is 0 Å². The molecule has 0 saturated heterocycles. The number of ether oxygens (including phenoxy) is 1. The summed E-state index contributed by atoms with van der Waals surface area (Å²) in [7, 11) is -4.60. The molecule has 0 aromatic carbocycles. The molecule has 0 rings (SSSR count). The molecule has 0 heterocycles. The van der Waals surface area contributed by atoms with Crippen LogP contribution in [0.25, 0.3) is 0 Å². The van der Waals surface area contributed by atoms with Crippen molar-refractivity contribution in [1.29, 1.82) is 0 Å². The highest BCUT2D eigenvalue weighted by Gasteiger charge is 2.10. The van der Waals surface area contributed by atoms with Crippen LogP contribution in [0.2, 0.25) is 0 Å². The van der Waals surface area contributed by atoms with E-state index in [0.717, 1.165) is 38.5 Å². The van der Waals surface area contributed by atoms with Gasteiger partial charge in [0.2, 0.25) is 0 Å². The van der Waals surface area contributed by atoms with E-state index in [1.54, 1.807) is 0 Å². The first kappa shape index (κ1) is 19.3. The van der Waals surface area contributed by atoms with Gasteiger partial charge in [-0.15, -0.1) is 0 Å². The summed E-state index contributed by atoms with van der Waals surface area (Å²) in [5, 5.41) is 0. The molecule has 0 aromatic heterocycles. The van der Waals surface area contributed by atoms with Crippen molar-refractivity contribution in [3.8, 4) is 0 Å². The fraction of sp³-hybridized carbons (Fsp3) is 0.917. The molecule has 0 spiro atoms. The Morgan fingerprint density at radius 3 is 1.95 bits per heavy atom. The summed E-state index contributed by atoms with van der Waals surface area (Å²) < 4.78 is 49.0. The van der Waals surface area contributed by atoms with Crippen molar-refractivity contribution in [1.82, 2.24) is 0 Å². The van der Waals surface area contributed by atoms with Crippen molar-refractivity contribution in [2.45, 2.75) is 51.4 Å². The quantitative estimate of drug-likeness (QED) is 0.319. The highest BCUT2D eigenvalue weighted by molar-refractivity contribution is 7.80. The van der Waals surface area contributed by atoms with Crippen molar-refractivity contribution in [3.05, 3.63) is 0 Å². The molecule has 0 fully saturated rings. The lowest BCUT2D eigenvalue weighted by molar-refractivity contribution is -0.146. The number of hydrogen-bond donors (Lipinski definition) is 1. The topological polar surface area (TPSA) is 89.9 Å². The van der Waals surface area contributed by atoms with Crippen LogP contribution in [0.1, 0.15) is 51.4 Å². The Kier molecular flexibility index (Phi) is 11.6. The van der Waals surface area contributed by atoms with Gasteiger partial charge in [-0.05, 0) is 12.8 Å². The van der Waals surface area contributed by atoms with E-state index in [4.69, 9.17) is 9.29 Å². The molecule has 20 heavy (non-hydrogen) atoms. The minimum Gasteiger partial charge on any atom is -0.464 e. The van der Waals surface area contributed by atoms with Gasteiger partial charge in [-0.1, -0.05) is 38.5 Å². The third-order valence-corrected chi connectivity index (χ3v) is 3.03. The minimum atomic E-state index is -4.60. The van der Waals surface area contributed by atoms with E-state index >= 15 is 0 Å². The lowest BCUT2D eigenvalue weighted by Crippen LogP contribution is -2.16. The second-order valence-electron chi connectivity index (χ2n) is 4.43. The molecule has 8 heteroatoms. The maximum absolute atomic E-state index is 11.8. The maximum Gasteiger partial charge on any atom is 0.397 e. The number of carbonyl (C=O) groups excluding carboxylic acids is 1. The molecule has 120 valence electrons. The van der Waals surface area contributed by atoms with Crippen LogP contribution < -0.4 is 0 Å². The monoisotopic (exact) mass is 314 g/mol. The number of alkyl halides is 1. The zero-order valence-corrected chi connectivity index (χ0v) is 12.4. The second kappa shape index (κ2) is 12.0. The van der Waals surface area contributed by atoms with Gasteiger partial charge in [0.05, 0.1) is 13.3 Å². The van der Waals surface area contributed by atoms with Crippen LogP contribution in [0.4, 0.5) is 4.39 Å². The summed E-state index contributed by atoms with van der Waals surface area (Å²) in [5.74, 6) is -0.825. The summed E-state index contributed by atoms with van der Waals surface area (Å²) in [5.41, 5.74) is 0. The van der Waals surface area contributed by atoms with Crippen LogP contribution in [0.3, 0.4) is 0 Å². The Bertz CT molecular complexity index is 344. The molecule has 0 aliphatic carbocycles. The van der Waals surface area contributed by atoms with Gasteiger partial charge >= 0.3 is 16.4 Å². The van der Waals surface area contributed by atoms with Crippen LogP contribution in [-0.4, -0.2) is 38.8 Å². The highest BCUT2D eigenvalue weighted by atomic mass is 32.3. The fourth-order valence-electron chi connectivity index (χ4n) is 1.61. The van der Waals surface area contributed by atoms with E-state index in [0.29, 0.717) is 12.8 Å². The van der Waals surface area contributed by atoms with Crippen LogP contribution in [0.15, 0.2) is 0 Å². The van der Waals surface area contributed by atoms with Gasteiger partial charge in [-0.3, -0.25) is 8.94 Å². The average Bonchev–Trinajstić information content (AvgIpc) is 2.38. The first-order chi connectivity index (χ1) is 9.45. The second-order valence-corrected chi connectivity index (χ2v) is 5.52. The third kappa shape index (κ3) is 15.3. The van der Waals surface area contributed by atoms with Gasteiger partial charge in [-0.2, -0.15) is 8.42 Å². The number of hydrogen-bond acceptors (Lipinski definition) is 5. The normalized spacial score (nSPS) is 11.5. The van der Waals surface area contributed by atoms with Crippen LogP contribution in [0.5, 0.6) is 0 Å². The Balaban J connectivity index is 3.25. The number of rotatable bonds is 13. The lowest BCUT2D eigenvalue weighted by atomic mass is 10.1. The van der Waals surface area contributed by atoms with Gasteiger partial charge in [0.1, 0.15) is 0 Å². The predicted molar refractivity (Wildman–Crippen MR) is 71.4 cm³/mol. The number of carbonyl (C=O) groups is 1. The molecule has 0 unspecified atom stereocenters. The molecule has 6 nitrogen and oxygen atoms in total. The molecular weight excluding hydrogens is 291 g/mol. The van der Waals surface area contributed by atoms with E-state index < -0.39 is 23.0 Å². The molecule has 0 aromatic rings. The maximum atomic E-state index is 11.8. The van der Waals surface area contributed by atoms with Crippen molar-refractivity contribution in [2.24, 2.45) is 0 Å². The molecule has 0 aliphatic heterocycles. The van der Waals surface area contributed by atoms with Gasteiger partial charge in [0.15, 0.2) is 6.61 Å². The number of halogens is 1. The van der Waals surface area contributed by atoms with E-state index in [-0.39, 0.29) is 13.3 Å². The summed E-state index contributed by atoms with van der Waals surface area (Å²) in [6.45, 7) is -0.852. The average molecular weight is 314 g/mol.